The van der Waals surface area contributed by atoms with Gasteiger partial charge in [-0.1, -0.05) is 121 Å². The number of nitrogens with zero attached hydrogens (tertiary/aromatic N) is 1. The fraction of sp³-hybridized carbons (Fsp3) is 0.0278. The van der Waals surface area contributed by atoms with Gasteiger partial charge < -0.3 is 0 Å². The number of hydrogen-bond acceptors (Lipinski definition) is 1. The van der Waals surface area contributed by atoms with Crippen LogP contribution in [-0.2, 0) is 5.41 Å². The summed E-state index contributed by atoms with van der Waals surface area (Å²) >= 11 is 0. The van der Waals surface area contributed by atoms with Gasteiger partial charge in [0.15, 0.2) is 0 Å². The van der Waals surface area contributed by atoms with Crippen LogP contribution in [0.4, 0.5) is 0 Å². The van der Waals surface area contributed by atoms with Crippen LogP contribution in [0, 0.1) is 0 Å². The topological polar surface area (TPSA) is 12.9 Å². The normalized spacial score (nSPS) is 15.7. The van der Waals surface area contributed by atoms with Gasteiger partial charge in [-0.3, -0.25) is 4.98 Å². The summed E-state index contributed by atoms with van der Waals surface area (Å²) in [4.78, 5) is 4.55. The van der Waals surface area contributed by atoms with Crippen LogP contribution < -0.4 is 0 Å². The van der Waals surface area contributed by atoms with Crippen LogP contribution in [0.5, 0.6) is 0 Å². The molecule has 1 unspecified atom stereocenters. The third-order valence-corrected chi connectivity index (χ3v) is 7.65. The molecular weight excluding hydrogens is 446 g/mol. The monoisotopic (exact) mass is 471 g/mol. The molecule has 174 valence electrons. The highest BCUT2D eigenvalue weighted by molar-refractivity contribution is 5.89. The smallest absolute Gasteiger partial charge is 0.0728 e. The molecule has 0 radical (unpaired) electrons. The van der Waals surface area contributed by atoms with E-state index < -0.39 is 5.41 Å². The van der Waals surface area contributed by atoms with Gasteiger partial charge in [0.05, 0.1) is 5.41 Å². The maximum Gasteiger partial charge on any atom is 0.0728 e. The van der Waals surface area contributed by atoms with E-state index >= 15 is 0 Å². The van der Waals surface area contributed by atoms with Crippen molar-refractivity contribution in [1.82, 2.24) is 4.98 Å². The lowest BCUT2D eigenvalue weighted by atomic mass is 9.68. The van der Waals surface area contributed by atoms with E-state index in [1.54, 1.807) is 0 Å². The Morgan fingerprint density at radius 2 is 1.03 bits per heavy atom. The lowest BCUT2D eigenvalue weighted by Gasteiger charge is -2.33. The molecule has 1 aliphatic rings. The number of aromatic nitrogens is 1. The van der Waals surface area contributed by atoms with Gasteiger partial charge in [-0.25, -0.2) is 0 Å². The lowest BCUT2D eigenvalue weighted by Crippen LogP contribution is -2.28. The van der Waals surface area contributed by atoms with E-state index in [2.05, 4.69) is 138 Å². The van der Waals surface area contributed by atoms with Gasteiger partial charge in [-0.15, -0.1) is 0 Å². The van der Waals surface area contributed by atoms with Gasteiger partial charge in [0.2, 0.25) is 0 Å². The predicted molar refractivity (Wildman–Crippen MR) is 152 cm³/mol. The summed E-state index contributed by atoms with van der Waals surface area (Å²) in [7, 11) is 0. The first-order valence-electron chi connectivity index (χ1n) is 12.7. The average molecular weight is 472 g/mol. The van der Waals surface area contributed by atoms with Crippen molar-refractivity contribution in [2.75, 3.05) is 0 Å². The highest BCUT2D eigenvalue weighted by Gasteiger charge is 2.46. The highest BCUT2D eigenvalue weighted by Crippen LogP contribution is 2.56. The van der Waals surface area contributed by atoms with Crippen molar-refractivity contribution in [3.05, 3.63) is 174 Å². The van der Waals surface area contributed by atoms with Gasteiger partial charge in [0.1, 0.15) is 0 Å². The fourth-order valence-corrected chi connectivity index (χ4v) is 6.03. The van der Waals surface area contributed by atoms with Crippen molar-refractivity contribution >= 4 is 0 Å². The van der Waals surface area contributed by atoms with E-state index in [0.717, 1.165) is 0 Å². The summed E-state index contributed by atoms with van der Waals surface area (Å²) in [5, 5.41) is 0. The van der Waals surface area contributed by atoms with Crippen molar-refractivity contribution in [1.29, 1.82) is 0 Å². The Balaban J connectivity index is 1.47. The molecule has 0 amide bonds. The molecule has 0 N–H and O–H groups in total. The third kappa shape index (κ3) is 3.36. The molecule has 0 saturated carbocycles. The Hall–Kier alpha value is -4.75. The summed E-state index contributed by atoms with van der Waals surface area (Å²) in [5.41, 5.74) is 12.1. The van der Waals surface area contributed by atoms with E-state index in [1.807, 2.05) is 18.5 Å². The van der Waals surface area contributed by atoms with Crippen molar-refractivity contribution in [2.45, 2.75) is 5.41 Å². The molecule has 0 spiro atoms. The zero-order valence-electron chi connectivity index (χ0n) is 20.4. The molecule has 1 heteroatoms. The molecule has 1 aliphatic carbocycles. The maximum atomic E-state index is 4.55. The molecule has 6 aromatic rings. The van der Waals surface area contributed by atoms with Crippen LogP contribution in [0.2, 0.25) is 0 Å². The number of fused-ring (bicyclic) bond motifs is 3. The van der Waals surface area contributed by atoms with Crippen molar-refractivity contribution in [2.24, 2.45) is 0 Å². The number of benzene rings is 5. The van der Waals surface area contributed by atoms with Crippen LogP contribution >= 0.6 is 0 Å². The number of rotatable bonds is 4. The SMILES string of the molecule is c1ccc(-c2cccc(-c3ccc4c(c3)-c3ccccc3C4(c3ccccc3)c3cccnc3)c2)cc1. The number of hydrogen-bond donors (Lipinski definition) is 0. The van der Waals surface area contributed by atoms with E-state index in [9.17, 15) is 0 Å². The second-order valence-electron chi connectivity index (χ2n) is 9.61. The second kappa shape index (κ2) is 8.72. The molecule has 0 fully saturated rings. The standard InChI is InChI=1S/C36H25N/c1-3-11-26(12-4-1)27-13-9-14-28(23-27)29-20-21-35-33(24-29)32-18-7-8-19-34(32)36(35,30-15-5-2-6-16-30)31-17-10-22-37-25-31/h1-25H. The van der Waals surface area contributed by atoms with E-state index in [1.165, 1.54) is 55.6 Å². The van der Waals surface area contributed by atoms with Crippen molar-refractivity contribution in [3.8, 4) is 33.4 Å². The first-order valence-corrected chi connectivity index (χ1v) is 12.7. The molecule has 0 saturated heterocycles. The predicted octanol–water partition coefficient (Wildman–Crippen LogP) is 8.78. The minimum absolute atomic E-state index is 0.411. The largest absolute Gasteiger partial charge is 0.264 e. The quantitative estimate of drug-likeness (QED) is 0.250. The van der Waals surface area contributed by atoms with Crippen LogP contribution in [0.25, 0.3) is 33.4 Å². The summed E-state index contributed by atoms with van der Waals surface area (Å²) < 4.78 is 0. The summed E-state index contributed by atoms with van der Waals surface area (Å²) in [6.07, 6.45) is 3.88. The Morgan fingerprint density at radius 3 is 1.81 bits per heavy atom. The average Bonchev–Trinajstić information content (AvgIpc) is 3.29. The van der Waals surface area contributed by atoms with Crippen LogP contribution in [0.3, 0.4) is 0 Å². The minimum Gasteiger partial charge on any atom is -0.264 e. The molecule has 1 nitrogen and oxygen atoms in total. The molecule has 1 heterocycles. The first-order chi connectivity index (χ1) is 18.4. The zero-order chi connectivity index (χ0) is 24.7. The highest BCUT2D eigenvalue weighted by atomic mass is 14.6. The van der Waals surface area contributed by atoms with Crippen LogP contribution in [-0.4, -0.2) is 4.98 Å². The van der Waals surface area contributed by atoms with Gasteiger partial charge in [-0.05, 0) is 73.8 Å². The summed E-state index contributed by atoms with van der Waals surface area (Å²) in [6.45, 7) is 0. The lowest BCUT2D eigenvalue weighted by molar-refractivity contribution is 0.763. The third-order valence-electron chi connectivity index (χ3n) is 7.65. The van der Waals surface area contributed by atoms with Gasteiger partial charge in [0, 0.05) is 12.4 Å². The molecular formula is C36H25N. The van der Waals surface area contributed by atoms with E-state index in [0.29, 0.717) is 0 Å². The maximum absolute atomic E-state index is 4.55. The second-order valence-corrected chi connectivity index (χ2v) is 9.61. The molecule has 7 rings (SSSR count). The summed E-state index contributed by atoms with van der Waals surface area (Å²) in [6, 6.07) is 50.4. The van der Waals surface area contributed by atoms with Gasteiger partial charge >= 0.3 is 0 Å². The molecule has 0 aliphatic heterocycles. The van der Waals surface area contributed by atoms with Crippen molar-refractivity contribution in [3.63, 3.8) is 0 Å². The Labute approximate surface area is 217 Å². The molecule has 37 heavy (non-hydrogen) atoms. The zero-order valence-corrected chi connectivity index (χ0v) is 20.4. The van der Waals surface area contributed by atoms with Crippen LogP contribution in [0.1, 0.15) is 22.3 Å². The Morgan fingerprint density at radius 1 is 0.405 bits per heavy atom. The van der Waals surface area contributed by atoms with Crippen molar-refractivity contribution < 1.29 is 0 Å². The van der Waals surface area contributed by atoms with E-state index in [-0.39, 0.29) is 0 Å². The van der Waals surface area contributed by atoms with Crippen LogP contribution in [0.15, 0.2) is 152 Å². The van der Waals surface area contributed by atoms with Gasteiger partial charge in [0.25, 0.3) is 0 Å². The molecule has 5 aromatic carbocycles. The molecule has 1 atom stereocenters. The Bertz CT molecular complexity index is 1660. The summed E-state index contributed by atoms with van der Waals surface area (Å²) in [5.74, 6) is 0. The first kappa shape index (κ1) is 21.5. The molecule has 0 bridgehead atoms. The minimum atomic E-state index is -0.411. The Kier molecular flexibility index (Phi) is 5.08. The van der Waals surface area contributed by atoms with E-state index in [4.69, 9.17) is 0 Å². The fourth-order valence-electron chi connectivity index (χ4n) is 6.03. The van der Waals surface area contributed by atoms with Gasteiger partial charge in [-0.2, -0.15) is 0 Å². The number of pyridine rings is 1. The molecule has 1 aromatic heterocycles.